The van der Waals surface area contributed by atoms with Crippen LogP contribution in [0.5, 0.6) is 5.75 Å². The number of amides is 1. The Kier molecular flexibility index (Phi) is 4.83. The number of carbonyl (C=O) groups excluding carboxylic acids is 1. The standard InChI is InChI=1S/C13H19NO2/c1-10(2)9-14-13(15)11(3)16-12-7-5-4-6-8-12/h4-8,10-11H,9H2,1-3H3,(H,14,15). The average molecular weight is 221 g/mol. The summed E-state index contributed by atoms with van der Waals surface area (Å²) in [5, 5.41) is 2.84. The Morgan fingerprint density at radius 1 is 1.25 bits per heavy atom. The van der Waals surface area contributed by atoms with E-state index in [2.05, 4.69) is 19.2 Å². The van der Waals surface area contributed by atoms with E-state index in [1.54, 1.807) is 6.92 Å². The van der Waals surface area contributed by atoms with Crippen molar-refractivity contribution in [3.05, 3.63) is 30.3 Å². The maximum absolute atomic E-state index is 11.6. The van der Waals surface area contributed by atoms with Crippen LogP contribution < -0.4 is 10.1 Å². The first-order valence-electron chi connectivity index (χ1n) is 5.59. The summed E-state index contributed by atoms with van der Waals surface area (Å²) < 4.78 is 5.50. The Morgan fingerprint density at radius 2 is 1.88 bits per heavy atom. The maximum Gasteiger partial charge on any atom is 0.260 e. The molecule has 0 aliphatic heterocycles. The molecule has 0 bridgehead atoms. The number of benzene rings is 1. The van der Waals surface area contributed by atoms with Crippen LogP contribution in [-0.2, 0) is 4.79 Å². The summed E-state index contributed by atoms with van der Waals surface area (Å²) in [5.74, 6) is 1.10. The number of carbonyl (C=O) groups is 1. The second-order valence-corrected chi connectivity index (χ2v) is 4.21. The normalized spacial score (nSPS) is 12.2. The van der Waals surface area contributed by atoms with E-state index in [0.717, 1.165) is 5.75 Å². The summed E-state index contributed by atoms with van der Waals surface area (Å²) in [6, 6.07) is 9.36. The molecule has 88 valence electrons. The van der Waals surface area contributed by atoms with Crippen LogP contribution in [0.2, 0.25) is 0 Å². The largest absolute Gasteiger partial charge is 0.481 e. The molecule has 1 aromatic carbocycles. The predicted molar refractivity (Wildman–Crippen MR) is 64.4 cm³/mol. The van der Waals surface area contributed by atoms with E-state index < -0.39 is 6.10 Å². The molecule has 0 saturated heterocycles. The molecular weight excluding hydrogens is 202 g/mol. The van der Waals surface area contributed by atoms with E-state index in [1.807, 2.05) is 30.3 Å². The highest BCUT2D eigenvalue weighted by molar-refractivity contribution is 5.80. The second kappa shape index (κ2) is 6.16. The Labute approximate surface area is 96.8 Å². The number of para-hydroxylation sites is 1. The minimum absolute atomic E-state index is 0.0717. The third-order valence-corrected chi connectivity index (χ3v) is 2.11. The van der Waals surface area contributed by atoms with Crippen LogP contribution in [0.15, 0.2) is 30.3 Å². The van der Waals surface area contributed by atoms with Gasteiger partial charge in [0.1, 0.15) is 5.75 Å². The number of ether oxygens (including phenoxy) is 1. The van der Waals surface area contributed by atoms with Crippen molar-refractivity contribution in [3.63, 3.8) is 0 Å². The highest BCUT2D eigenvalue weighted by atomic mass is 16.5. The quantitative estimate of drug-likeness (QED) is 0.828. The fraction of sp³-hybridized carbons (Fsp3) is 0.462. The molecule has 0 saturated carbocycles. The molecule has 0 aliphatic carbocycles. The van der Waals surface area contributed by atoms with Gasteiger partial charge in [-0.2, -0.15) is 0 Å². The third kappa shape index (κ3) is 4.34. The van der Waals surface area contributed by atoms with Crippen LogP contribution in [0, 0.1) is 5.92 Å². The van der Waals surface area contributed by atoms with E-state index in [-0.39, 0.29) is 5.91 Å². The van der Waals surface area contributed by atoms with Gasteiger partial charge >= 0.3 is 0 Å². The van der Waals surface area contributed by atoms with Crippen molar-refractivity contribution in [1.29, 1.82) is 0 Å². The maximum atomic E-state index is 11.6. The molecule has 0 fully saturated rings. The molecule has 0 aromatic heterocycles. The van der Waals surface area contributed by atoms with Gasteiger partial charge in [-0.1, -0.05) is 32.0 Å². The van der Waals surface area contributed by atoms with Gasteiger partial charge in [-0.3, -0.25) is 4.79 Å². The molecule has 1 aromatic rings. The Hall–Kier alpha value is -1.51. The van der Waals surface area contributed by atoms with E-state index >= 15 is 0 Å². The smallest absolute Gasteiger partial charge is 0.260 e. The second-order valence-electron chi connectivity index (χ2n) is 4.21. The van der Waals surface area contributed by atoms with Gasteiger partial charge in [-0.25, -0.2) is 0 Å². The topological polar surface area (TPSA) is 38.3 Å². The lowest BCUT2D eigenvalue weighted by molar-refractivity contribution is -0.127. The third-order valence-electron chi connectivity index (χ3n) is 2.11. The SMILES string of the molecule is CC(C)CNC(=O)C(C)Oc1ccccc1. The van der Waals surface area contributed by atoms with Gasteiger partial charge in [0.15, 0.2) is 6.10 Å². The monoisotopic (exact) mass is 221 g/mol. The minimum Gasteiger partial charge on any atom is -0.481 e. The van der Waals surface area contributed by atoms with E-state index in [9.17, 15) is 4.79 Å². The predicted octanol–water partition coefficient (Wildman–Crippen LogP) is 2.23. The van der Waals surface area contributed by atoms with Crippen LogP contribution in [0.25, 0.3) is 0 Å². The van der Waals surface area contributed by atoms with Gasteiger partial charge in [-0.05, 0) is 25.0 Å². The van der Waals surface area contributed by atoms with Crippen LogP contribution in [0.4, 0.5) is 0 Å². The van der Waals surface area contributed by atoms with Crippen molar-refractivity contribution in [2.75, 3.05) is 6.54 Å². The molecular formula is C13H19NO2. The van der Waals surface area contributed by atoms with Gasteiger partial charge in [-0.15, -0.1) is 0 Å². The number of hydrogen-bond acceptors (Lipinski definition) is 2. The highest BCUT2D eigenvalue weighted by Gasteiger charge is 2.13. The molecule has 1 amide bonds. The van der Waals surface area contributed by atoms with Crippen LogP contribution >= 0.6 is 0 Å². The van der Waals surface area contributed by atoms with E-state index in [1.165, 1.54) is 0 Å². The minimum atomic E-state index is -0.457. The van der Waals surface area contributed by atoms with Gasteiger partial charge < -0.3 is 10.1 Å². The van der Waals surface area contributed by atoms with Crippen molar-refractivity contribution in [2.45, 2.75) is 26.9 Å². The number of hydrogen-bond donors (Lipinski definition) is 1. The summed E-state index contributed by atoms with van der Waals surface area (Å²) in [7, 11) is 0. The molecule has 0 spiro atoms. The first-order valence-corrected chi connectivity index (χ1v) is 5.59. The van der Waals surface area contributed by atoms with Crippen molar-refractivity contribution >= 4 is 5.91 Å². The first kappa shape index (κ1) is 12.6. The molecule has 0 aliphatic rings. The molecule has 1 atom stereocenters. The Bertz CT molecular complexity index is 322. The lowest BCUT2D eigenvalue weighted by Gasteiger charge is -2.15. The van der Waals surface area contributed by atoms with Gasteiger partial charge in [0.05, 0.1) is 0 Å². The lowest BCUT2D eigenvalue weighted by atomic mass is 10.2. The van der Waals surface area contributed by atoms with Crippen LogP contribution in [-0.4, -0.2) is 18.6 Å². The first-order chi connectivity index (χ1) is 7.59. The Balaban J connectivity index is 2.40. The fourth-order valence-corrected chi connectivity index (χ4v) is 1.21. The molecule has 0 heterocycles. The summed E-state index contributed by atoms with van der Waals surface area (Å²) in [5.41, 5.74) is 0. The zero-order valence-electron chi connectivity index (χ0n) is 10.1. The zero-order valence-corrected chi connectivity index (χ0v) is 10.1. The van der Waals surface area contributed by atoms with Crippen molar-refractivity contribution < 1.29 is 9.53 Å². The van der Waals surface area contributed by atoms with Gasteiger partial charge in [0.2, 0.25) is 0 Å². The summed E-state index contributed by atoms with van der Waals surface area (Å²) in [4.78, 5) is 11.6. The lowest BCUT2D eigenvalue weighted by Crippen LogP contribution is -2.38. The molecule has 16 heavy (non-hydrogen) atoms. The van der Waals surface area contributed by atoms with Crippen molar-refractivity contribution in [3.8, 4) is 5.75 Å². The fourth-order valence-electron chi connectivity index (χ4n) is 1.21. The van der Waals surface area contributed by atoms with Crippen LogP contribution in [0.1, 0.15) is 20.8 Å². The number of rotatable bonds is 5. The van der Waals surface area contributed by atoms with Crippen LogP contribution in [0.3, 0.4) is 0 Å². The summed E-state index contributed by atoms with van der Waals surface area (Å²) >= 11 is 0. The van der Waals surface area contributed by atoms with Crippen molar-refractivity contribution in [1.82, 2.24) is 5.32 Å². The summed E-state index contributed by atoms with van der Waals surface area (Å²) in [6.45, 7) is 6.55. The Morgan fingerprint density at radius 3 is 2.44 bits per heavy atom. The van der Waals surface area contributed by atoms with E-state index in [4.69, 9.17) is 4.74 Å². The van der Waals surface area contributed by atoms with Gasteiger partial charge in [0, 0.05) is 6.54 Å². The molecule has 3 heteroatoms. The number of nitrogens with one attached hydrogen (secondary N) is 1. The zero-order chi connectivity index (χ0) is 12.0. The molecule has 3 nitrogen and oxygen atoms in total. The molecule has 1 rings (SSSR count). The molecule has 1 N–H and O–H groups in total. The van der Waals surface area contributed by atoms with E-state index in [0.29, 0.717) is 12.5 Å². The molecule has 1 unspecified atom stereocenters. The van der Waals surface area contributed by atoms with Gasteiger partial charge in [0.25, 0.3) is 5.91 Å². The summed E-state index contributed by atoms with van der Waals surface area (Å²) in [6.07, 6.45) is -0.457. The average Bonchev–Trinajstić information content (AvgIpc) is 2.27. The highest BCUT2D eigenvalue weighted by Crippen LogP contribution is 2.10. The molecule has 0 radical (unpaired) electrons. The van der Waals surface area contributed by atoms with Crippen molar-refractivity contribution in [2.24, 2.45) is 5.92 Å².